The summed E-state index contributed by atoms with van der Waals surface area (Å²) in [5.74, 6) is -0.762. The van der Waals surface area contributed by atoms with Gasteiger partial charge in [-0.05, 0) is 20.3 Å². The highest BCUT2D eigenvalue weighted by Crippen LogP contribution is 2.14. The Balaban J connectivity index is 3.64. The molecule has 0 radical (unpaired) electrons. The standard InChI is InChI=1S/C14H28O3/c1-4-5-6-7-8-9-10-13(11-14(15)16)17-12(2)3/h12-13H,4-11H2,1-3H3,(H,15,16). The molecule has 1 atom stereocenters. The zero-order valence-corrected chi connectivity index (χ0v) is 11.6. The second-order valence-corrected chi connectivity index (χ2v) is 4.96. The van der Waals surface area contributed by atoms with Crippen LogP contribution in [0, 0.1) is 0 Å². The summed E-state index contributed by atoms with van der Waals surface area (Å²) in [5.41, 5.74) is 0. The summed E-state index contributed by atoms with van der Waals surface area (Å²) in [4.78, 5) is 10.7. The third kappa shape index (κ3) is 11.7. The van der Waals surface area contributed by atoms with E-state index in [1.165, 1.54) is 32.1 Å². The van der Waals surface area contributed by atoms with Crippen LogP contribution in [-0.2, 0) is 9.53 Å². The summed E-state index contributed by atoms with van der Waals surface area (Å²) < 4.78 is 5.61. The largest absolute Gasteiger partial charge is 0.481 e. The van der Waals surface area contributed by atoms with Gasteiger partial charge in [0.25, 0.3) is 0 Å². The van der Waals surface area contributed by atoms with Crippen LogP contribution < -0.4 is 0 Å². The molecule has 3 nitrogen and oxygen atoms in total. The minimum Gasteiger partial charge on any atom is -0.481 e. The van der Waals surface area contributed by atoms with Crippen LogP contribution in [0.5, 0.6) is 0 Å². The first-order chi connectivity index (χ1) is 8.06. The maximum atomic E-state index is 10.7. The molecule has 0 aliphatic rings. The van der Waals surface area contributed by atoms with Gasteiger partial charge >= 0.3 is 5.97 Å². The number of hydrogen-bond acceptors (Lipinski definition) is 2. The highest BCUT2D eigenvalue weighted by molar-refractivity contribution is 5.67. The monoisotopic (exact) mass is 244 g/mol. The summed E-state index contributed by atoms with van der Waals surface area (Å²) in [6.07, 6.45) is 8.40. The highest BCUT2D eigenvalue weighted by Gasteiger charge is 2.14. The number of unbranched alkanes of at least 4 members (excludes halogenated alkanes) is 5. The van der Waals surface area contributed by atoms with Crippen molar-refractivity contribution in [3.8, 4) is 0 Å². The molecule has 0 aliphatic carbocycles. The van der Waals surface area contributed by atoms with Gasteiger partial charge in [0.15, 0.2) is 0 Å². The molecular weight excluding hydrogens is 216 g/mol. The first kappa shape index (κ1) is 16.4. The first-order valence-corrected chi connectivity index (χ1v) is 6.93. The van der Waals surface area contributed by atoms with E-state index in [2.05, 4.69) is 6.92 Å². The zero-order valence-electron chi connectivity index (χ0n) is 11.6. The Hall–Kier alpha value is -0.570. The van der Waals surface area contributed by atoms with E-state index >= 15 is 0 Å². The molecule has 0 aliphatic heterocycles. The number of aliphatic carboxylic acids is 1. The van der Waals surface area contributed by atoms with Crippen LogP contribution >= 0.6 is 0 Å². The predicted molar refractivity (Wildman–Crippen MR) is 70.3 cm³/mol. The van der Waals surface area contributed by atoms with E-state index in [9.17, 15) is 4.79 Å². The van der Waals surface area contributed by atoms with Gasteiger partial charge in [-0.1, -0.05) is 45.4 Å². The summed E-state index contributed by atoms with van der Waals surface area (Å²) in [6, 6.07) is 0. The Bertz CT molecular complexity index is 190. The Kier molecular flexibility index (Phi) is 10.2. The molecule has 3 heteroatoms. The number of hydrogen-bond donors (Lipinski definition) is 1. The van der Waals surface area contributed by atoms with Crippen molar-refractivity contribution in [3.05, 3.63) is 0 Å². The van der Waals surface area contributed by atoms with E-state index in [4.69, 9.17) is 9.84 Å². The third-order valence-electron chi connectivity index (χ3n) is 2.75. The smallest absolute Gasteiger partial charge is 0.305 e. The molecule has 0 amide bonds. The number of carbonyl (C=O) groups is 1. The second-order valence-electron chi connectivity index (χ2n) is 4.96. The molecule has 0 aromatic carbocycles. The lowest BCUT2D eigenvalue weighted by Crippen LogP contribution is -2.21. The maximum Gasteiger partial charge on any atom is 0.305 e. The molecule has 0 aromatic heterocycles. The van der Waals surface area contributed by atoms with Gasteiger partial charge in [-0.25, -0.2) is 0 Å². The van der Waals surface area contributed by atoms with Gasteiger partial charge in [-0.15, -0.1) is 0 Å². The lowest BCUT2D eigenvalue weighted by molar-refractivity contribution is -0.141. The molecule has 0 heterocycles. The van der Waals surface area contributed by atoms with Crippen molar-refractivity contribution in [2.24, 2.45) is 0 Å². The lowest BCUT2D eigenvalue weighted by Gasteiger charge is -2.18. The van der Waals surface area contributed by atoms with Gasteiger partial charge in [0.2, 0.25) is 0 Å². The molecule has 0 aromatic rings. The molecule has 17 heavy (non-hydrogen) atoms. The molecule has 0 saturated heterocycles. The minimum atomic E-state index is -0.762. The fourth-order valence-corrected chi connectivity index (χ4v) is 1.95. The predicted octanol–water partition coefficient (Wildman–Crippen LogP) is 4.01. The van der Waals surface area contributed by atoms with Crippen LogP contribution in [0.25, 0.3) is 0 Å². The topological polar surface area (TPSA) is 46.5 Å². The Morgan fingerprint density at radius 3 is 2.24 bits per heavy atom. The van der Waals surface area contributed by atoms with Crippen molar-refractivity contribution >= 4 is 5.97 Å². The summed E-state index contributed by atoms with van der Waals surface area (Å²) >= 11 is 0. The lowest BCUT2D eigenvalue weighted by atomic mass is 10.1. The number of carboxylic acid groups (broad SMARTS) is 1. The van der Waals surface area contributed by atoms with Crippen molar-refractivity contribution in [3.63, 3.8) is 0 Å². The number of carboxylic acids is 1. The molecule has 0 saturated carbocycles. The van der Waals surface area contributed by atoms with Crippen molar-refractivity contribution < 1.29 is 14.6 Å². The van der Waals surface area contributed by atoms with Crippen molar-refractivity contribution in [1.29, 1.82) is 0 Å². The van der Waals surface area contributed by atoms with Crippen molar-refractivity contribution in [2.75, 3.05) is 0 Å². The van der Waals surface area contributed by atoms with Crippen molar-refractivity contribution in [1.82, 2.24) is 0 Å². The van der Waals surface area contributed by atoms with Gasteiger partial charge in [-0.2, -0.15) is 0 Å². The van der Waals surface area contributed by atoms with Crippen molar-refractivity contribution in [2.45, 2.75) is 84.3 Å². The zero-order chi connectivity index (χ0) is 13.1. The van der Waals surface area contributed by atoms with E-state index in [0.717, 1.165) is 12.8 Å². The molecule has 0 spiro atoms. The van der Waals surface area contributed by atoms with Gasteiger partial charge in [0, 0.05) is 0 Å². The minimum absolute atomic E-state index is 0.111. The van der Waals surface area contributed by atoms with Gasteiger partial charge in [0.1, 0.15) is 0 Å². The Labute approximate surface area is 106 Å². The van der Waals surface area contributed by atoms with E-state index in [0.29, 0.717) is 0 Å². The average Bonchev–Trinajstić information content (AvgIpc) is 2.21. The van der Waals surface area contributed by atoms with Gasteiger partial charge in [-0.3, -0.25) is 4.79 Å². The summed E-state index contributed by atoms with van der Waals surface area (Å²) in [7, 11) is 0. The van der Waals surface area contributed by atoms with Crippen LogP contribution in [0.3, 0.4) is 0 Å². The van der Waals surface area contributed by atoms with Crippen LogP contribution in [0.1, 0.15) is 72.1 Å². The maximum absolute atomic E-state index is 10.7. The third-order valence-corrected chi connectivity index (χ3v) is 2.75. The fourth-order valence-electron chi connectivity index (χ4n) is 1.95. The average molecular weight is 244 g/mol. The van der Waals surface area contributed by atoms with E-state index in [-0.39, 0.29) is 18.6 Å². The van der Waals surface area contributed by atoms with Gasteiger partial charge in [0.05, 0.1) is 18.6 Å². The van der Waals surface area contributed by atoms with Gasteiger partial charge < -0.3 is 9.84 Å². The second kappa shape index (κ2) is 10.6. The fraction of sp³-hybridized carbons (Fsp3) is 0.929. The normalized spacial score (nSPS) is 12.9. The van der Waals surface area contributed by atoms with Crippen LogP contribution in [0.15, 0.2) is 0 Å². The Morgan fingerprint density at radius 1 is 1.12 bits per heavy atom. The highest BCUT2D eigenvalue weighted by atomic mass is 16.5. The Morgan fingerprint density at radius 2 is 1.71 bits per heavy atom. The van der Waals surface area contributed by atoms with E-state index in [1.807, 2.05) is 13.8 Å². The SMILES string of the molecule is CCCCCCCCC(CC(=O)O)OC(C)C. The van der Waals surface area contributed by atoms with Crippen LogP contribution in [0.2, 0.25) is 0 Å². The van der Waals surface area contributed by atoms with E-state index in [1.54, 1.807) is 0 Å². The summed E-state index contributed by atoms with van der Waals surface area (Å²) in [5, 5.41) is 8.79. The number of rotatable bonds is 11. The molecule has 0 fully saturated rings. The molecule has 0 bridgehead atoms. The molecule has 102 valence electrons. The molecule has 1 N–H and O–H groups in total. The molecule has 1 unspecified atom stereocenters. The van der Waals surface area contributed by atoms with E-state index < -0.39 is 5.97 Å². The molecular formula is C14H28O3. The quantitative estimate of drug-likeness (QED) is 0.559. The van der Waals surface area contributed by atoms with Crippen LogP contribution in [-0.4, -0.2) is 23.3 Å². The van der Waals surface area contributed by atoms with Crippen LogP contribution in [0.4, 0.5) is 0 Å². The first-order valence-electron chi connectivity index (χ1n) is 6.93. The molecule has 0 rings (SSSR count). The number of ether oxygens (including phenoxy) is 1. The summed E-state index contributed by atoms with van der Waals surface area (Å²) in [6.45, 7) is 6.12.